The second-order valence-electron chi connectivity index (χ2n) is 6.62. The number of nitrogens with one attached hydrogen (secondary N) is 1. The molecule has 2 unspecified atom stereocenters. The summed E-state index contributed by atoms with van der Waals surface area (Å²) in [6.45, 7) is 0. The van der Waals surface area contributed by atoms with Crippen molar-refractivity contribution in [3.05, 3.63) is 24.0 Å². The Hall–Kier alpha value is -1.55. The highest BCUT2D eigenvalue weighted by Crippen LogP contribution is 2.33. The van der Waals surface area contributed by atoms with Gasteiger partial charge in [-0.25, -0.2) is 4.98 Å². The van der Waals surface area contributed by atoms with Crippen LogP contribution in [0.5, 0.6) is 5.75 Å². The largest absolute Gasteiger partial charge is 0.497 e. The number of ether oxygens (including phenoxy) is 1. The number of imidazole rings is 1. The molecule has 1 aromatic carbocycles. The van der Waals surface area contributed by atoms with Crippen molar-refractivity contribution in [2.45, 2.75) is 44.2 Å². The van der Waals surface area contributed by atoms with Crippen LogP contribution in [0.15, 0.2) is 18.2 Å². The lowest BCUT2D eigenvalue weighted by Crippen LogP contribution is -2.38. The molecule has 0 saturated carbocycles. The van der Waals surface area contributed by atoms with Gasteiger partial charge in [0.15, 0.2) is 0 Å². The predicted octanol–water partition coefficient (Wildman–Crippen LogP) is 2.66. The lowest BCUT2D eigenvalue weighted by atomic mass is 9.89. The van der Waals surface area contributed by atoms with E-state index in [1.165, 1.54) is 37.0 Å². The fourth-order valence-corrected chi connectivity index (χ4v) is 4.14. The van der Waals surface area contributed by atoms with Gasteiger partial charge in [-0.15, -0.1) is 0 Å². The number of rotatable bonds is 3. The average molecular weight is 285 g/mol. The summed E-state index contributed by atoms with van der Waals surface area (Å²) in [7, 11) is 3.84. The zero-order valence-corrected chi connectivity index (χ0v) is 12.8. The molecular formula is C17H23N3O. The smallest absolute Gasteiger partial charge is 0.121 e. The van der Waals surface area contributed by atoms with Gasteiger partial charge in [0, 0.05) is 31.6 Å². The summed E-state index contributed by atoms with van der Waals surface area (Å²) in [4.78, 5) is 4.85. The summed E-state index contributed by atoms with van der Waals surface area (Å²) in [5, 5.41) is 3.72. The minimum Gasteiger partial charge on any atom is -0.497 e. The van der Waals surface area contributed by atoms with Gasteiger partial charge in [-0.05, 0) is 43.7 Å². The van der Waals surface area contributed by atoms with Crippen molar-refractivity contribution in [1.82, 2.24) is 14.9 Å². The van der Waals surface area contributed by atoms with E-state index in [9.17, 15) is 0 Å². The topological polar surface area (TPSA) is 39.1 Å². The molecule has 3 heterocycles. The fourth-order valence-electron chi connectivity index (χ4n) is 4.14. The van der Waals surface area contributed by atoms with Crippen molar-refractivity contribution in [3.8, 4) is 5.75 Å². The van der Waals surface area contributed by atoms with Gasteiger partial charge in [0.05, 0.1) is 18.1 Å². The molecule has 2 atom stereocenters. The maximum absolute atomic E-state index is 5.30. The maximum Gasteiger partial charge on any atom is 0.121 e. The summed E-state index contributed by atoms with van der Waals surface area (Å²) in [6.07, 6.45) is 6.44. The molecule has 4 nitrogen and oxygen atoms in total. The van der Waals surface area contributed by atoms with E-state index in [0.29, 0.717) is 0 Å². The van der Waals surface area contributed by atoms with Crippen LogP contribution in [0.1, 0.15) is 31.5 Å². The van der Waals surface area contributed by atoms with Crippen LogP contribution in [-0.2, 0) is 13.5 Å². The third-order valence-electron chi connectivity index (χ3n) is 5.22. The molecular weight excluding hydrogens is 262 g/mol. The molecule has 2 aliphatic rings. The molecule has 1 aromatic heterocycles. The number of fused-ring (bicyclic) bond motifs is 3. The first-order valence-electron chi connectivity index (χ1n) is 7.98. The van der Waals surface area contributed by atoms with Gasteiger partial charge < -0.3 is 14.6 Å². The zero-order chi connectivity index (χ0) is 14.4. The van der Waals surface area contributed by atoms with Crippen LogP contribution < -0.4 is 10.1 Å². The van der Waals surface area contributed by atoms with E-state index in [1.54, 1.807) is 7.11 Å². The highest BCUT2D eigenvalue weighted by Gasteiger charge is 2.33. The first-order valence-corrected chi connectivity index (χ1v) is 7.98. The van der Waals surface area contributed by atoms with Gasteiger partial charge in [0.25, 0.3) is 0 Å². The van der Waals surface area contributed by atoms with Gasteiger partial charge in [0.1, 0.15) is 11.6 Å². The van der Waals surface area contributed by atoms with Crippen LogP contribution in [0, 0.1) is 5.92 Å². The lowest BCUT2D eigenvalue weighted by molar-refractivity contribution is 0.294. The van der Waals surface area contributed by atoms with Crippen LogP contribution in [0.2, 0.25) is 0 Å². The predicted molar refractivity (Wildman–Crippen MR) is 83.6 cm³/mol. The maximum atomic E-state index is 5.30. The number of nitrogens with zero attached hydrogens (tertiary/aromatic N) is 2. The molecule has 4 rings (SSSR count). The molecule has 21 heavy (non-hydrogen) atoms. The van der Waals surface area contributed by atoms with Gasteiger partial charge in [0.2, 0.25) is 0 Å². The molecule has 4 heteroatoms. The van der Waals surface area contributed by atoms with E-state index in [4.69, 9.17) is 9.72 Å². The van der Waals surface area contributed by atoms with E-state index in [0.717, 1.165) is 35.7 Å². The van der Waals surface area contributed by atoms with Crippen molar-refractivity contribution in [3.63, 3.8) is 0 Å². The molecule has 2 aromatic rings. The fraction of sp³-hybridized carbons (Fsp3) is 0.588. The molecule has 2 bridgehead atoms. The van der Waals surface area contributed by atoms with E-state index in [2.05, 4.69) is 23.0 Å². The Morgan fingerprint density at radius 2 is 2.05 bits per heavy atom. The van der Waals surface area contributed by atoms with Crippen molar-refractivity contribution >= 4 is 11.0 Å². The van der Waals surface area contributed by atoms with Crippen molar-refractivity contribution < 1.29 is 4.74 Å². The van der Waals surface area contributed by atoms with Crippen LogP contribution >= 0.6 is 0 Å². The second kappa shape index (κ2) is 5.02. The molecule has 2 aliphatic heterocycles. The molecule has 0 spiro atoms. The molecule has 2 fully saturated rings. The van der Waals surface area contributed by atoms with E-state index < -0.39 is 0 Å². The quantitative estimate of drug-likeness (QED) is 0.942. The number of methoxy groups -OCH3 is 1. The van der Waals surface area contributed by atoms with Gasteiger partial charge in [-0.2, -0.15) is 0 Å². The molecule has 0 radical (unpaired) electrons. The normalized spacial score (nSPS) is 28.2. The zero-order valence-electron chi connectivity index (χ0n) is 12.8. The monoisotopic (exact) mass is 285 g/mol. The minimum atomic E-state index is 0.753. The SMILES string of the molecule is COc1ccc2c(c1)nc(CC1CC3CCC(C1)N3)n2C. The van der Waals surface area contributed by atoms with Gasteiger partial charge in [-0.1, -0.05) is 0 Å². The summed E-state index contributed by atoms with van der Waals surface area (Å²) < 4.78 is 7.55. The highest BCUT2D eigenvalue weighted by atomic mass is 16.5. The molecule has 2 saturated heterocycles. The van der Waals surface area contributed by atoms with Gasteiger partial charge >= 0.3 is 0 Å². The minimum absolute atomic E-state index is 0.753. The Balaban J connectivity index is 1.60. The Morgan fingerprint density at radius 3 is 2.76 bits per heavy atom. The number of benzene rings is 1. The summed E-state index contributed by atoms with van der Waals surface area (Å²) in [6, 6.07) is 7.66. The summed E-state index contributed by atoms with van der Waals surface area (Å²) >= 11 is 0. The Labute approximate surface area is 125 Å². The van der Waals surface area contributed by atoms with Crippen molar-refractivity contribution in [2.24, 2.45) is 13.0 Å². The number of hydrogen-bond acceptors (Lipinski definition) is 3. The van der Waals surface area contributed by atoms with Crippen molar-refractivity contribution in [1.29, 1.82) is 0 Å². The molecule has 1 N–H and O–H groups in total. The van der Waals surface area contributed by atoms with E-state index in [-0.39, 0.29) is 0 Å². The van der Waals surface area contributed by atoms with E-state index >= 15 is 0 Å². The Bertz CT molecular complexity index is 651. The van der Waals surface area contributed by atoms with Crippen LogP contribution in [0.4, 0.5) is 0 Å². The summed E-state index contributed by atoms with van der Waals surface area (Å²) in [5.74, 6) is 2.87. The number of aromatic nitrogens is 2. The second-order valence-corrected chi connectivity index (χ2v) is 6.62. The van der Waals surface area contributed by atoms with Crippen LogP contribution in [0.3, 0.4) is 0 Å². The van der Waals surface area contributed by atoms with Gasteiger partial charge in [-0.3, -0.25) is 0 Å². The standard InChI is InChI=1S/C17H23N3O/c1-20-16-6-5-14(21-2)10-15(16)19-17(20)9-11-7-12-3-4-13(8-11)18-12/h5-6,10-13,18H,3-4,7-9H2,1-2H3. The Morgan fingerprint density at radius 1 is 1.29 bits per heavy atom. The Kier molecular flexibility index (Phi) is 3.14. The molecule has 0 amide bonds. The molecule has 0 aliphatic carbocycles. The van der Waals surface area contributed by atoms with Crippen LogP contribution in [-0.4, -0.2) is 28.7 Å². The average Bonchev–Trinajstić information content (AvgIpc) is 2.99. The third kappa shape index (κ3) is 2.31. The first kappa shape index (κ1) is 13.1. The van der Waals surface area contributed by atoms with Crippen LogP contribution in [0.25, 0.3) is 11.0 Å². The van der Waals surface area contributed by atoms with E-state index in [1.807, 2.05) is 12.1 Å². The third-order valence-corrected chi connectivity index (χ3v) is 5.22. The van der Waals surface area contributed by atoms with Crippen molar-refractivity contribution in [2.75, 3.05) is 7.11 Å². The summed E-state index contributed by atoms with van der Waals surface area (Å²) in [5.41, 5.74) is 2.24. The first-order chi connectivity index (χ1) is 10.2. The molecule has 112 valence electrons. The number of aryl methyl sites for hydroxylation is 1. The highest BCUT2D eigenvalue weighted by molar-refractivity contribution is 5.77. The number of hydrogen-bond donors (Lipinski definition) is 1. The number of piperidine rings is 1. The lowest BCUT2D eigenvalue weighted by Gasteiger charge is -2.28.